The molecule has 11 heavy (non-hydrogen) atoms. The van der Waals surface area contributed by atoms with Gasteiger partial charge in [-0.2, -0.15) is 0 Å². The second kappa shape index (κ2) is 4.42. The summed E-state index contributed by atoms with van der Waals surface area (Å²) in [4.78, 5) is 21.6. The highest BCUT2D eigenvalue weighted by molar-refractivity contribution is 7.45. The molecule has 0 aromatic carbocycles. The molecular weight excluding hydrogens is 196 g/mol. The SMILES string of the molecule is Cln1nccn1.O=P(O)(O)O. The Balaban J connectivity index is 0.000000187. The highest BCUT2D eigenvalue weighted by Crippen LogP contribution is 2.25. The van der Waals surface area contributed by atoms with Gasteiger partial charge in [-0.15, -0.1) is 10.2 Å². The van der Waals surface area contributed by atoms with E-state index in [1.165, 1.54) is 12.4 Å². The van der Waals surface area contributed by atoms with Crippen LogP contribution in [0.5, 0.6) is 0 Å². The normalized spacial score (nSPS) is 10.2. The monoisotopic (exact) mass is 201 g/mol. The fourth-order valence-corrected chi connectivity index (χ4v) is 0.300. The lowest BCUT2D eigenvalue weighted by atomic mass is 11.0. The van der Waals surface area contributed by atoms with Crippen molar-refractivity contribution in [2.24, 2.45) is 0 Å². The predicted octanol–water partition coefficient (Wildman–Crippen LogP) is -0.649. The van der Waals surface area contributed by atoms with Gasteiger partial charge in [0.15, 0.2) is 0 Å². The van der Waals surface area contributed by atoms with Gasteiger partial charge in [-0.05, 0) is 0 Å². The van der Waals surface area contributed by atoms with Crippen LogP contribution in [-0.4, -0.2) is 29.2 Å². The van der Waals surface area contributed by atoms with E-state index in [0.717, 1.165) is 4.32 Å². The Kier molecular flexibility index (Phi) is 4.24. The van der Waals surface area contributed by atoms with Crippen LogP contribution in [-0.2, 0) is 4.57 Å². The molecular formula is C2H5ClN3O4P. The highest BCUT2D eigenvalue weighted by atomic mass is 35.5. The summed E-state index contributed by atoms with van der Waals surface area (Å²) in [5, 5.41) is 6.98. The lowest BCUT2D eigenvalue weighted by Gasteiger charge is -1.82. The summed E-state index contributed by atoms with van der Waals surface area (Å²) in [5.74, 6) is 0. The van der Waals surface area contributed by atoms with E-state index in [4.69, 9.17) is 31.0 Å². The maximum absolute atomic E-state index is 8.88. The summed E-state index contributed by atoms with van der Waals surface area (Å²) in [6.07, 6.45) is 3.01. The fourth-order valence-electron chi connectivity index (χ4n) is 0.199. The molecule has 0 fully saturated rings. The van der Waals surface area contributed by atoms with Gasteiger partial charge in [0.05, 0.1) is 24.2 Å². The minimum atomic E-state index is -4.64. The molecule has 0 amide bonds. The molecule has 0 radical (unpaired) electrons. The number of nitrogens with zero attached hydrogens (tertiary/aromatic N) is 3. The minimum Gasteiger partial charge on any atom is -0.303 e. The number of phosphoric acid groups is 1. The van der Waals surface area contributed by atoms with E-state index < -0.39 is 7.82 Å². The van der Waals surface area contributed by atoms with Crippen LogP contribution in [0.3, 0.4) is 0 Å². The molecule has 0 aliphatic carbocycles. The number of hydrogen-bond donors (Lipinski definition) is 3. The largest absolute Gasteiger partial charge is 0.466 e. The molecule has 3 N–H and O–H groups in total. The second-order valence-corrected chi connectivity index (χ2v) is 2.61. The van der Waals surface area contributed by atoms with Gasteiger partial charge in [0.2, 0.25) is 0 Å². The Morgan fingerprint density at radius 1 is 1.27 bits per heavy atom. The number of aromatic nitrogens is 3. The second-order valence-electron chi connectivity index (χ2n) is 1.28. The van der Waals surface area contributed by atoms with Crippen molar-refractivity contribution in [2.75, 3.05) is 0 Å². The van der Waals surface area contributed by atoms with Gasteiger partial charge in [0.1, 0.15) is 0 Å². The zero-order valence-electron chi connectivity index (χ0n) is 5.07. The summed E-state index contributed by atoms with van der Waals surface area (Å²) < 4.78 is 9.85. The van der Waals surface area contributed by atoms with Gasteiger partial charge >= 0.3 is 7.82 Å². The van der Waals surface area contributed by atoms with Gasteiger partial charge in [-0.25, -0.2) is 4.57 Å². The smallest absolute Gasteiger partial charge is 0.303 e. The number of halogens is 1. The van der Waals surface area contributed by atoms with Crippen molar-refractivity contribution in [2.45, 2.75) is 0 Å². The predicted molar refractivity (Wildman–Crippen MR) is 35.5 cm³/mol. The van der Waals surface area contributed by atoms with Gasteiger partial charge < -0.3 is 14.7 Å². The standard InChI is InChI=1S/C2H2ClN3.H3O4P/c3-6-4-1-2-5-6;1-5(2,3)4/h1-2H;(H3,1,2,3,4). The highest BCUT2D eigenvalue weighted by Gasteiger charge is 2.00. The van der Waals surface area contributed by atoms with Crippen molar-refractivity contribution in [1.82, 2.24) is 14.5 Å². The molecule has 1 aromatic heterocycles. The molecule has 1 rings (SSSR count). The molecule has 0 atom stereocenters. The maximum atomic E-state index is 8.88. The first-order chi connectivity index (χ1) is 4.89. The van der Waals surface area contributed by atoms with Crippen LogP contribution < -0.4 is 0 Å². The molecule has 0 saturated heterocycles. The number of rotatable bonds is 0. The van der Waals surface area contributed by atoms with Gasteiger partial charge in [-0.3, -0.25) is 0 Å². The Hall–Kier alpha value is -0.460. The third kappa shape index (κ3) is 12.7. The Bertz CT molecular complexity index is 223. The van der Waals surface area contributed by atoms with Crippen LogP contribution in [0.15, 0.2) is 12.4 Å². The molecule has 0 unspecified atom stereocenters. The van der Waals surface area contributed by atoms with E-state index in [9.17, 15) is 0 Å². The average molecular weight is 202 g/mol. The summed E-state index contributed by atoms with van der Waals surface area (Å²) in [6, 6.07) is 0. The third-order valence-corrected chi connectivity index (χ3v) is 0.565. The fraction of sp³-hybridized carbons (Fsp3) is 0. The summed E-state index contributed by atoms with van der Waals surface area (Å²) in [5.41, 5.74) is 0. The molecule has 0 aliphatic rings. The minimum absolute atomic E-state index is 0.972. The quantitative estimate of drug-likeness (QED) is 0.482. The first kappa shape index (κ1) is 10.5. The van der Waals surface area contributed by atoms with Crippen LogP contribution in [0, 0.1) is 0 Å². The van der Waals surface area contributed by atoms with Gasteiger partial charge in [0, 0.05) is 0 Å². The molecule has 1 heterocycles. The molecule has 0 aliphatic heterocycles. The van der Waals surface area contributed by atoms with E-state index >= 15 is 0 Å². The van der Waals surface area contributed by atoms with Gasteiger partial charge in [-0.1, -0.05) is 4.32 Å². The van der Waals surface area contributed by atoms with E-state index in [0.29, 0.717) is 0 Å². The number of hydrogen-bond acceptors (Lipinski definition) is 3. The van der Waals surface area contributed by atoms with E-state index in [2.05, 4.69) is 10.2 Å². The average Bonchev–Trinajstić information content (AvgIpc) is 2.12. The Morgan fingerprint density at radius 3 is 1.64 bits per heavy atom. The molecule has 0 bridgehead atoms. The van der Waals surface area contributed by atoms with Crippen LogP contribution in [0.2, 0.25) is 0 Å². The van der Waals surface area contributed by atoms with Crippen LogP contribution >= 0.6 is 19.6 Å². The van der Waals surface area contributed by atoms with Crippen molar-refractivity contribution in [3.63, 3.8) is 0 Å². The third-order valence-electron chi connectivity index (χ3n) is 0.391. The maximum Gasteiger partial charge on any atom is 0.466 e. The van der Waals surface area contributed by atoms with Gasteiger partial charge in [0.25, 0.3) is 0 Å². The molecule has 7 nitrogen and oxygen atoms in total. The van der Waals surface area contributed by atoms with Crippen LogP contribution in [0.25, 0.3) is 0 Å². The topological polar surface area (TPSA) is 108 Å². The van der Waals surface area contributed by atoms with Crippen LogP contribution in [0.1, 0.15) is 0 Å². The molecule has 9 heteroatoms. The summed E-state index contributed by atoms with van der Waals surface area (Å²) >= 11 is 5.15. The lowest BCUT2D eigenvalue weighted by molar-refractivity contribution is 0.275. The van der Waals surface area contributed by atoms with E-state index in [-0.39, 0.29) is 0 Å². The first-order valence-corrected chi connectivity index (χ1v) is 4.10. The van der Waals surface area contributed by atoms with Crippen molar-refractivity contribution in [3.05, 3.63) is 12.4 Å². The van der Waals surface area contributed by atoms with Crippen molar-refractivity contribution in [1.29, 1.82) is 0 Å². The molecule has 0 saturated carbocycles. The Morgan fingerprint density at radius 2 is 1.55 bits per heavy atom. The van der Waals surface area contributed by atoms with Crippen molar-refractivity contribution < 1.29 is 19.2 Å². The zero-order chi connectivity index (χ0) is 8.91. The van der Waals surface area contributed by atoms with E-state index in [1.807, 2.05) is 0 Å². The van der Waals surface area contributed by atoms with E-state index in [1.54, 1.807) is 0 Å². The molecule has 1 aromatic rings. The molecule has 0 spiro atoms. The lowest BCUT2D eigenvalue weighted by Crippen LogP contribution is -1.80. The van der Waals surface area contributed by atoms with Crippen molar-refractivity contribution >= 4 is 19.6 Å². The summed E-state index contributed by atoms with van der Waals surface area (Å²) in [7, 11) is -4.64. The Labute approximate surface area is 66.6 Å². The van der Waals surface area contributed by atoms with Crippen LogP contribution in [0.4, 0.5) is 0 Å². The zero-order valence-corrected chi connectivity index (χ0v) is 6.72. The summed E-state index contributed by atoms with van der Waals surface area (Å²) in [6.45, 7) is 0. The van der Waals surface area contributed by atoms with Crippen molar-refractivity contribution in [3.8, 4) is 0 Å². The first-order valence-electron chi connectivity index (χ1n) is 2.20. The molecule has 64 valence electrons.